The molecule has 0 bridgehead atoms. The van der Waals surface area contributed by atoms with Gasteiger partial charge >= 0.3 is 0 Å². The molecular weight excluding hydrogens is 182 g/mol. The number of nitrogens with zero attached hydrogens (tertiary/aromatic N) is 2. The number of hydrogen-bond acceptors (Lipinski definition) is 4. The van der Waals surface area contributed by atoms with Crippen molar-refractivity contribution in [2.75, 3.05) is 5.32 Å². The van der Waals surface area contributed by atoms with Crippen molar-refractivity contribution in [1.29, 1.82) is 0 Å². The van der Waals surface area contributed by atoms with Crippen LogP contribution in [0.15, 0.2) is 0 Å². The molecule has 1 aromatic rings. The van der Waals surface area contributed by atoms with Crippen LogP contribution in [0.2, 0.25) is 0 Å². The van der Waals surface area contributed by atoms with E-state index in [1.807, 2.05) is 6.92 Å². The Morgan fingerprint density at radius 3 is 2.62 bits per heavy atom. The van der Waals surface area contributed by atoms with Crippen molar-refractivity contribution in [1.82, 2.24) is 9.36 Å². The van der Waals surface area contributed by atoms with Crippen molar-refractivity contribution >= 4 is 16.7 Å². The molecule has 1 N–H and O–H groups in total. The first-order chi connectivity index (χ1) is 6.03. The predicted molar refractivity (Wildman–Crippen MR) is 57.3 cm³/mol. The zero-order valence-corrected chi connectivity index (χ0v) is 9.53. The lowest BCUT2D eigenvalue weighted by Crippen LogP contribution is -2.30. The second-order valence-corrected chi connectivity index (χ2v) is 4.66. The smallest absolute Gasteiger partial charge is 0.202 e. The summed E-state index contributed by atoms with van der Waals surface area (Å²) in [7, 11) is 0. The molecule has 0 amide bonds. The number of nitrogens with one attached hydrogen (secondary N) is 1. The lowest BCUT2D eigenvalue weighted by atomic mass is 10.00. The topological polar surface area (TPSA) is 37.8 Å². The Labute approximate surface area is 83.8 Å². The highest BCUT2D eigenvalue weighted by Crippen LogP contribution is 2.20. The number of aromatic nitrogens is 2. The Balaban J connectivity index is 2.57. The molecule has 0 aliphatic rings. The highest BCUT2D eigenvalue weighted by atomic mass is 32.1. The first kappa shape index (κ1) is 10.4. The van der Waals surface area contributed by atoms with Gasteiger partial charge in [-0.3, -0.25) is 0 Å². The van der Waals surface area contributed by atoms with E-state index in [1.54, 1.807) is 0 Å². The maximum absolute atomic E-state index is 4.27. The van der Waals surface area contributed by atoms with Crippen LogP contribution in [-0.2, 0) is 0 Å². The minimum Gasteiger partial charge on any atom is -0.355 e. The molecular formula is C9H17N3S. The summed E-state index contributed by atoms with van der Waals surface area (Å²) in [5.41, 5.74) is 0.126. The van der Waals surface area contributed by atoms with Gasteiger partial charge in [0.05, 0.1) is 0 Å². The molecule has 0 aliphatic carbocycles. The maximum atomic E-state index is 4.27. The third-order valence-corrected chi connectivity index (χ3v) is 2.57. The van der Waals surface area contributed by atoms with Crippen LogP contribution in [0.3, 0.4) is 0 Å². The average molecular weight is 199 g/mol. The van der Waals surface area contributed by atoms with Gasteiger partial charge in [0.25, 0.3) is 0 Å². The van der Waals surface area contributed by atoms with Crippen LogP contribution in [-0.4, -0.2) is 14.9 Å². The minimum absolute atomic E-state index is 0.126. The van der Waals surface area contributed by atoms with Gasteiger partial charge < -0.3 is 5.32 Å². The molecule has 0 spiro atoms. The van der Waals surface area contributed by atoms with E-state index in [2.05, 4.69) is 35.4 Å². The van der Waals surface area contributed by atoms with Crippen LogP contribution in [0.5, 0.6) is 0 Å². The van der Waals surface area contributed by atoms with Crippen molar-refractivity contribution < 1.29 is 0 Å². The molecule has 3 nitrogen and oxygen atoms in total. The summed E-state index contributed by atoms with van der Waals surface area (Å²) in [5, 5.41) is 4.31. The molecule has 0 radical (unpaired) electrons. The maximum Gasteiger partial charge on any atom is 0.202 e. The second kappa shape index (κ2) is 4.05. The third kappa shape index (κ3) is 3.30. The Morgan fingerprint density at radius 1 is 1.46 bits per heavy atom. The van der Waals surface area contributed by atoms with Crippen LogP contribution in [0, 0.1) is 6.92 Å². The first-order valence-electron chi connectivity index (χ1n) is 4.62. The van der Waals surface area contributed by atoms with Crippen LogP contribution < -0.4 is 5.32 Å². The highest BCUT2D eigenvalue weighted by Gasteiger charge is 2.17. The summed E-state index contributed by atoms with van der Waals surface area (Å²) in [6, 6.07) is 0. The Hall–Kier alpha value is -0.640. The molecule has 0 unspecified atom stereocenters. The lowest BCUT2D eigenvalue weighted by Gasteiger charge is -2.24. The fraction of sp³-hybridized carbons (Fsp3) is 0.778. The van der Waals surface area contributed by atoms with Crippen molar-refractivity contribution in [3.05, 3.63) is 5.82 Å². The van der Waals surface area contributed by atoms with Gasteiger partial charge in [-0.2, -0.15) is 4.37 Å². The summed E-state index contributed by atoms with van der Waals surface area (Å²) < 4.78 is 4.13. The van der Waals surface area contributed by atoms with Gasteiger partial charge in [0.2, 0.25) is 5.13 Å². The molecule has 0 aliphatic heterocycles. The van der Waals surface area contributed by atoms with Crippen molar-refractivity contribution in [3.8, 4) is 0 Å². The second-order valence-electron chi connectivity index (χ2n) is 3.91. The molecule has 0 saturated carbocycles. The molecule has 13 heavy (non-hydrogen) atoms. The SMILES string of the molecule is CCCC(C)(C)Nc1nc(C)ns1. The van der Waals surface area contributed by atoms with Gasteiger partial charge in [0.15, 0.2) is 0 Å². The van der Waals surface area contributed by atoms with E-state index >= 15 is 0 Å². The predicted octanol–water partition coefficient (Wildman–Crippen LogP) is 2.84. The summed E-state index contributed by atoms with van der Waals surface area (Å²) >= 11 is 1.43. The van der Waals surface area contributed by atoms with Gasteiger partial charge in [0, 0.05) is 17.1 Å². The van der Waals surface area contributed by atoms with Gasteiger partial charge in [0.1, 0.15) is 5.82 Å². The lowest BCUT2D eigenvalue weighted by molar-refractivity contribution is 0.510. The molecule has 1 aromatic heterocycles. The monoisotopic (exact) mass is 199 g/mol. The normalized spacial score (nSPS) is 11.7. The van der Waals surface area contributed by atoms with E-state index < -0.39 is 0 Å². The molecule has 0 saturated heterocycles. The zero-order valence-electron chi connectivity index (χ0n) is 8.72. The molecule has 4 heteroatoms. The van der Waals surface area contributed by atoms with E-state index in [4.69, 9.17) is 0 Å². The molecule has 1 heterocycles. The van der Waals surface area contributed by atoms with E-state index in [-0.39, 0.29) is 5.54 Å². The number of anilines is 1. The van der Waals surface area contributed by atoms with Crippen molar-refractivity contribution in [3.63, 3.8) is 0 Å². The zero-order chi connectivity index (χ0) is 9.90. The first-order valence-corrected chi connectivity index (χ1v) is 5.39. The molecule has 1 rings (SSSR count). The standard InChI is InChI=1S/C9H17N3S/c1-5-6-9(3,4)11-8-10-7(2)12-13-8/h5-6H2,1-4H3,(H,10,11,12). The van der Waals surface area contributed by atoms with Crippen molar-refractivity contribution in [2.24, 2.45) is 0 Å². The number of hydrogen-bond donors (Lipinski definition) is 1. The fourth-order valence-electron chi connectivity index (χ4n) is 1.32. The summed E-state index contributed by atoms with van der Waals surface area (Å²) in [6.07, 6.45) is 2.32. The molecule has 0 aromatic carbocycles. The van der Waals surface area contributed by atoms with Crippen LogP contribution in [0.1, 0.15) is 39.4 Å². The van der Waals surface area contributed by atoms with Crippen LogP contribution in [0.25, 0.3) is 0 Å². The van der Waals surface area contributed by atoms with Crippen LogP contribution in [0.4, 0.5) is 5.13 Å². The van der Waals surface area contributed by atoms with Crippen molar-refractivity contribution in [2.45, 2.75) is 46.1 Å². The van der Waals surface area contributed by atoms with Gasteiger partial charge in [-0.15, -0.1) is 0 Å². The van der Waals surface area contributed by atoms with E-state index in [1.165, 1.54) is 18.0 Å². The minimum atomic E-state index is 0.126. The summed E-state index contributed by atoms with van der Waals surface area (Å²) in [6.45, 7) is 8.48. The fourth-order valence-corrected chi connectivity index (χ4v) is 2.08. The largest absolute Gasteiger partial charge is 0.355 e. The Kier molecular flexibility index (Phi) is 3.25. The summed E-state index contributed by atoms with van der Waals surface area (Å²) in [5.74, 6) is 0.847. The van der Waals surface area contributed by atoms with E-state index in [9.17, 15) is 0 Å². The molecule has 0 atom stereocenters. The van der Waals surface area contributed by atoms with Crippen LogP contribution >= 0.6 is 11.5 Å². The summed E-state index contributed by atoms with van der Waals surface area (Å²) in [4.78, 5) is 4.27. The van der Waals surface area contributed by atoms with Gasteiger partial charge in [-0.25, -0.2) is 4.98 Å². The Morgan fingerprint density at radius 2 is 2.15 bits per heavy atom. The molecule has 0 fully saturated rings. The quantitative estimate of drug-likeness (QED) is 0.810. The average Bonchev–Trinajstić information content (AvgIpc) is 2.34. The van der Waals surface area contributed by atoms with Gasteiger partial charge in [-0.1, -0.05) is 13.3 Å². The Bertz CT molecular complexity index is 268. The highest BCUT2D eigenvalue weighted by molar-refractivity contribution is 7.09. The number of aryl methyl sites for hydroxylation is 1. The third-order valence-electron chi connectivity index (χ3n) is 1.85. The number of rotatable bonds is 4. The van der Waals surface area contributed by atoms with E-state index in [0.717, 1.165) is 17.4 Å². The molecule has 74 valence electrons. The van der Waals surface area contributed by atoms with Gasteiger partial charge in [-0.05, 0) is 27.2 Å². The van der Waals surface area contributed by atoms with E-state index in [0.29, 0.717) is 0 Å².